The molecule has 1 N–H and O–H groups in total. The second kappa shape index (κ2) is 12.7. The van der Waals surface area contributed by atoms with Gasteiger partial charge in [-0.15, -0.1) is 0 Å². The third-order valence-corrected chi connectivity index (χ3v) is 9.54. The number of urea groups is 1. The van der Waals surface area contributed by atoms with Crippen LogP contribution >= 0.6 is 0 Å². The van der Waals surface area contributed by atoms with Crippen LogP contribution < -0.4 is 4.74 Å². The van der Waals surface area contributed by atoms with E-state index < -0.39 is 70.9 Å². The molecule has 1 aromatic heterocycles. The van der Waals surface area contributed by atoms with Gasteiger partial charge in [-0.3, -0.25) is 0 Å². The number of benzene rings is 3. The van der Waals surface area contributed by atoms with Gasteiger partial charge in [-0.25, -0.2) is 14.6 Å². The van der Waals surface area contributed by atoms with Crippen LogP contribution in [0.25, 0.3) is 22.3 Å². The van der Waals surface area contributed by atoms with Crippen molar-refractivity contribution in [2.45, 2.75) is 56.4 Å². The smallest absolute Gasteiger partial charge is 0.416 e. The fourth-order valence-electron chi connectivity index (χ4n) is 7.22. The highest BCUT2D eigenvalue weighted by atomic mass is 19.4. The average Bonchev–Trinajstić information content (AvgIpc) is 3.60. The summed E-state index contributed by atoms with van der Waals surface area (Å²) >= 11 is 0. The molecule has 3 heterocycles. The molecule has 274 valence electrons. The van der Waals surface area contributed by atoms with Crippen LogP contribution in [-0.2, 0) is 18.5 Å². The molecule has 16 heteroatoms. The Kier molecular flexibility index (Phi) is 8.94. The molecule has 2 fully saturated rings. The number of aryl methyl sites for hydroxylation is 1. The first kappa shape index (κ1) is 36.5. The van der Waals surface area contributed by atoms with Crippen molar-refractivity contribution in [3.05, 3.63) is 106 Å². The number of hydrogen-bond donors (Lipinski definition) is 1. The van der Waals surface area contributed by atoms with E-state index in [9.17, 15) is 54.2 Å². The fourth-order valence-corrected chi connectivity index (χ4v) is 7.22. The van der Waals surface area contributed by atoms with Crippen molar-refractivity contribution in [2.75, 3.05) is 14.2 Å². The largest absolute Gasteiger partial charge is 0.481 e. The molecule has 4 aromatic rings. The molecule has 6 rings (SSSR count). The van der Waals surface area contributed by atoms with Gasteiger partial charge in [0, 0.05) is 24.4 Å². The molecule has 0 unspecified atom stereocenters. The molecule has 2 saturated heterocycles. The molecule has 52 heavy (non-hydrogen) atoms. The number of aromatic carboxylic acids is 1. The third-order valence-electron chi connectivity index (χ3n) is 9.54. The number of alkyl halides is 9. The summed E-state index contributed by atoms with van der Waals surface area (Å²) in [6.07, 6.45) is -13.6. The number of ether oxygens (including phenoxy) is 1. The lowest BCUT2D eigenvalue weighted by atomic mass is 9.90. The van der Waals surface area contributed by atoms with Gasteiger partial charge in [-0.05, 0) is 96.1 Å². The Balaban J connectivity index is 1.49. The van der Waals surface area contributed by atoms with Gasteiger partial charge in [0.25, 0.3) is 0 Å². The highest BCUT2D eigenvalue weighted by molar-refractivity contribution is 5.89. The van der Waals surface area contributed by atoms with Crippen LogP contribution in [0.15, 0.2) is 66.9 Å². The number of rotatable bonds is 6. The summed E-state index contributed by atoms with van der Waals surface area (Å²) in [4.78, 5) is 31.9. The van der Waals surface area contributed by atoms with Crippen LogP contribution in [-0.4, -0.2) is 52.1 Å². The van der Waals surface area contributed by atoms with E-state index in [2.05, 4.69) is 4.98 Å². The minimum absolute atomic E-state index is 0.00510. The summed E-state index contributed by atoms with van der Waals surface area (Å²) in [6.45, 7) is 1.67. The number of pyridine rings is 1. The first-order valence-corrected chi connectivity index (χ1v) is 15.6. The van der Waals surface area contributed by atoms with E-state index in [1.165, 1.54) is 43.5 Å². The van der Waals surface area contributed by atoms with E-state index in [-0.39, 0.29) is 47.0 Å². The molecule has 2 amide bonds. The number of carboxylic acid groups (broad SMARTS) is 1. The minimum atomic E-state index is -5.14. The van der Waals surface area contributed by atoms with Crippen molar-refractivity contribution in [1.82, 2.24) is 14.8 Å². The van der Waals surface area contributed by atoms with E-state index in [0.717, 1.165) is 17.0 Å². The Labute approximate surface area is 290 Å². The number of carbonyl (C=O) groups is 2. The highest BCUT2D eigenvalue weighted by Crippen LogP contribution is 2.52. The number of aromatic nitrogens is 1. The Morgan fingerprint density at radius 2 is 1.42 bits per heavy atom. The molecular formula is C36H28F9N3O4. The summed E-state index contributed by atoms with van der Waals surface area (Å²) < 4.78 is 131. The average molecular weight is 738 g/mol. The lowest BCUT2D eigenvalue weighted by Gasteiger charge is -2.27. The van der Waals surface area contributed by atoms with Crippen molar-refractivity contribution in [2.24, 2.45) is 0 Å². The maximum atomic E-state index is 14.2. The molecular weight excluding hydrogens is 709 g/mol. The van der Waals surface area contributed by atoms with Gasteiger partial charge in [-0.1, -0.05) is 12.1 Å². The topological polar surface area (TPSA) is 83.0 Å². The maximum Gasteiger partial charge on any atom is 0.416 e. The molecule has 0 aliphatic carbocycles. The van der Waals surface area contributed by atoms with Crippen LogP contribution in [0.2, 0.25) is 0 Å². The van der Waals surface area contributed by atoms with Gasteiger partial charge in [0.2, 0.25) is 5.88 Å². The molecule has 2 aliphatic rings. The van der Waals surface area contributed by atoms with Gasteiger partial charge in [0.15, 0.2) is 0 Å². The van der Waals surface area contributed by atoms with E-state index in [1.807, 2.05) is 0 Å². The van der Waals surface area contributed by atoms with E-state index >= 15 is 0 Å². The van der Waals surface area contributed by atoms with E-state index in [4.69, 9.17) is 4.74 Å². The summed E-state index contributed by atoms with van der Waals surface area (Å²) in [5.41, 5.74) is -2.56. The van der Waals surface area contributed by atoms with Crippen LogP contribution in [0.4, 0.5) is 44.3 Å². The summed E-state index contributed by atoms with van der Waals surface area (Å²) in [6, 6.07) is 5.83. The van der Waals surface area contributed by atoms with E-state index in [0.29, 0.717) is 28.8 Å². The monoisotopic (exact) mass is 737 g/mol. The number of carbonyl (C=O) groups excluding carboxylic acids is 1. The quantitative estimate of drug-likeness (QED) is 0.199. The number of halogens is 9. The second-order valence-electron chi connectivity index (χ2n) is 12.7. The highest BCUT2D eigenvalue weighted by Gasteiger charge is 2.53. The van der Waals surface area contributed by atoms with Gasteiger partial charge in [0.05, 0.1) is 47.5 Å². The second-order valence-corrected chi connectivity index (χ2v) is 12.7. The summed E-state index contributed by atoms with van der Waals surface area (Å²) in [7, 11) is 2.51. The molecule has 0 radical (unpaired) electrons. The number of carboxylic acids is 1. The standard InChI is InChI=1S/C36H28F9N3O4/c1-17-10-18(32(49)50)4-6-24(17)20-13-27(31(52-3)46-16-20)25-7-5-21(34(37,38)39)15-26(25)28-8-9-29-30(47(2)33(51)48(28)29)19-11-22(35(40,41)42)14-23(12-19)36(43,44)45/h4-7,10-16,28-30H,8-9H2,1-3H3,(H,49,50)/t28-,29-,30+/m0/s1. The molecule has 0 saturated carbocycles. The number of fused-ring (bicyclic) bond motifs is 1. The van der Waals surface area contributed by atoms with E-state index in [1.54, 1.807) is 19.1 Å². The molecule has 2 aliphatic heterocycles. The first-order valence-electron chi connectivity index (χ1n) is 15.6. The van der Waals surface area contributed by atoms with Crippen molar-refractivity contribution >= 4 is 12.0 Å². The van der Waals surface area contributed by atoms with Gasteiger partial charge in [-0.2, -0.15) is 39.5 Å². The molecule has 7 nitrogen and oxygen atoms in total. The number of nitrogens with zero attached hydrogens (tertiary/aromatic N) is 3. The van der Waals surface area contributed by atoms with Crippen LogP contribution in [0.1, 0.15) is 68.7 Å². The minimum Gasteiger partial charge on any atom is -0.481 e. The number of amides is 2. The van der Waals surface area contributed by atoms with Crippen LogP contribution in [0.5, 0.6) is 5.88 Å². The predicted molar refractivity (Wildman–Crippen MR) is 168 cm³/mol. The van der Waals surface area contributed by atoms with Crippen molar-refractivity contribution in [1.29, 1.82) is 0 Å². The zero-order valence-electron chi connectivity index (χ0n) is 27.4. The Bertz CT molecular complexity index is 2050. The number of hydrogen-bond acceptors (Lipinski definition) is 4. The fraction of sp³-hybridized carbons (Fsp3) is 0.306. The molecule has 3 aromatic carbocycles. The van der Waals surface area contributed by atoms with Crippen LogP contribution in [0.3, 0.4) is 0 Å². The van der Waals surface area contributed by atoms with Gasteiger partial charge in [0.1, 0.15) is 0 Å². The number of likely N-dealkylation sites (N-methyl/N-ethyl adjacent to an activating group) is 1. The first-order chi connectivity index (χ1) is 24.2. The summed E-state index contributed by atoms with van der Waals surface area (Å²) in [5, 5.41) is 9.39. The maximum absolute atomic E-state index is 14.2. The zero-order chi connectivity index (χ0) is 38.1. The van der Waals surface area contributed by atoms with Crippen molar-refractivity contribution in [3.63, 3.8) is 0 Å². The number of methoxy groups -OCH3 is 1. The molecule has 3 atom stereocenters. The lowest BCUT2D eigenvalue weighted by Crippen LogP contribution is -2.32. The Morgan fingerprint density at radius 3 is 1.98 bits per heavy atom. The van der Waals surface area contributed by atoms with Crippen molar-refractivity contribution in [3.8, 4) is 28.1 Å². The predicted octanol–water partition coefficient (Wildman–Crippen LogP) is 9.80. The zero-order valence-corrected chi connectivity index (χ0v) is 27.4. The van der Waals surface area contributed by atoms with Gasteiger partial charge < -0.3 is 19.6 Å². The van der Waals surface area contributed by atoms with Gasteiger partial charge >= 0.3 is 30.5 Å². The lowest BCUT2D eigenvalue weighted by molar-refractivity contribution is -0.143. The van der Waals surface area contributed by atoms with Crippen molar-refractivity contribution < 1.29 is 58.9 Å². The Morgan fingerprint density at radius 1 is 0.808 bits per heavy atom. The SMILES string of the molecule is COc1ncc(-c2ccc(C(=O)O)cc2C)cc1-c1ccc(C(F)(F)F)cc1[C@@H]1CC[C@H]2[C@@H](c3cc(C(F)(F)F)cc(C(F)(F)F)c3)N(C)C(=O)N12. The Hall–Kier alpha value is -5.28. The molecule has 0 bridgehead atoms. The van der Waals surface area contributed by atoms with Crippen LogP contribution in [0, 0.1) is 6.92 Å². The normalized spacial score (nSPS) is 19.3. The summed E-state index contributed by atoms with van der Waals surface area (Å²) in [5.74, 6) is -1.14. The molecule has 0 spiro atoms. The third kappa shape index (κ3) is 6.50.